The summed E-state index contributed by atoms with van der Waals surface area (Å²) in [4.78, 5) is 13.0. The third kappa shape index (κ3) is 1.99. The molecular weight excluding hydrogens is 266 g/mol. The normalized spacial score (nSPS) is 11.3. The maximum absolute atomic E-state index is 4.59. The van der Waals surface area contributed by atoms with Crippen LogP contribution in [0, 0.1) is 6.92 Å². The third-order valence-corrected chi connectivity index (χ3v) is 3.43. The van der Waals surface area contributed by atoms with Crippen LogP contribution in [0.5, 0.6) is 0 Å². The molecule has 7 heteroatoms. The Morgan fingerprint density at radius 2 is 2.24 bits per heavy atom. The minimum atomic E-state index is 0.596. The molecule has 0 saturated heterocycles. The summed E-state index contributed by atoms with van der Waals surface area (Å²) in [6.07, 6.45) is 5.26. The molecule has 4 rings (SSSR count). The van der Waals surface area contributed by atoms with E-state index >= 15 is 0 Å². The summed E-state index contributed by atoms with van der Waals surface area (Å²) in [6.45, 7) is 2.66. The second kappa shape index (κ2) is 4.55. The minimum absolute atomic E-state index is 0.596. The summed E-state index contributed by atoms with van der Waals surface area (Å²) < 4.78 is 2.07. The van der Waals surface area contributed by atoms with Crippen molar-refractivity contribution in [1.29, 1.82) is 0 Å². The van der Waals surface area contributed by atoms with Gasteiger partial charge < -0.3 is 9.72 Å². The highest BCUT2D eigenvalue weighted by atomic mass is 15.2. The van der Waals surface area contributed by atoms with Crippen molar-refractivity contribution in [2.24, 2.45) is 0 Å². The molecule has 0 bridgehead atoms. The van der Waals surface area contributed by atoms with Crippen molar-refractivity contribution < 1.29 is 0 Å². The number of aromatic nitrogens is 6. The minimum Gasteiger partial charge on any atom is -0.364 e. The Hall–Kier alpha value is -2.96. The van der Waals surface area contributed by atoms with Gasteiger partial charge in [0.25, 0.3) is 0 Å². The van der Waals surface area contributed by atoms with Crippen molar-refractivity contribution in [3.63, 3.8) is 0 Å². The molecule has 4 aromatic rings. The van der Waals surface area contributed by atoms with Crippen LogP contribution in [0.3, 0.4) is 0 Å². The molecule has 104 valence electrons. The number of H-pyrrole nitrogens is 1. The van der Waals surface area contributed by atoms with E-state index in [-0.39, 0.29) is 0 Å². The molecule has 0 spiro atoms. The maximum atomic E-state index is 4.59. The number of fused-ring (bicyclic) bond motifs is 2. The van der Waals surface area contributed by atoms with Gasteiger partial charge in [0.2, 0.25) is 0 Å². The molecule has 2 N–H and O–H groups in total. The monoisotopic (exact) mass is 279 g/mol. The van der Waals surface area contributed by atoms with Gasteiger partial charge in [0.05, 0.1) is 23.8 Å². The highest BCUT2D eigenvalue weighted by molar-refractivity contribution is 5.85. The van der Waals surface area contributed by atoms with Crippen molar-refractivity contribution >= 4 is 22.5 Å². The zero-order valence-electron chi connectivity index (χ0n) is 11.4. The van der Waals surface area contributed by atoms with E-state index in [1.807, 2.05) is 18.3 Å². The Morgan fingerprint density at radius 1 is 1.29 bits per heavy atom. The summed E-state index contributed by atoms with van der Waals surface area (Å²) in [7, 11) is 0. The van der Waals surface area contributed by atoms with Gasteiger partial charge in [-0.15, -0.1) is 0 Å². The van der Waals surface area contributed by atoms with Gasteiger partial charge in [-0.2, -0.15) is 5.10 Å². The molecule has 0 aliphatic heterocycles. The first kappa shape index (κ1) is 11.8. The summed E-state index contributed by atoms with van der Waals surface area (Å²) in [5.41, 5.74) is 3.78. The van der Waals surface area contributed by atoms with Crippen molar-refractivity contribution in [2.45, 2.75) is 13.5 Å². The number of aromatic amines is 1. The first-order valence-electron chi connectivity index (χ1n) is 6.63. The molecule has 4 heterocycles. The quantitative estimate of drug-likeness (QED) is 0.598. The van der Waals surface area contributed by atoms with Gasteiger partial charge in [-0.3, -0.25) is 5.10 Å². The summed E-state index contributed by atoms with van der Waals surface area (Å²) >= 11 is 0. The molecule has 0 aromatic carbocycles. The first-order chi connectivity index (χ1) is 10.3. The van der Waals surface area contributed by atoms with Crippen LogP contribution in [-0.4, -0.2) is 29.5 Å². The fourth-order valence-electron chi connectivity index (χ4n) is 2.36. The highest BCUT2D eigenvalue weighted by Gasteiger charge is 2.07. The van der Waals surface area contributed by atoms with Crippen LogP contribution in [0.15, 0.2) is 36.9 Å². The topological polar surface area (TPSA) is 83.8 Å². The van der Waals surface area contributed by atoms with Crippen molar-refractivity contribution in [3.8, 4) is 0 Å². The zero-order chi connectivity index (χ0) is 14.2. The number of anilines is 1. The highest BCUT2D eigenvalue weighted by Crippen LogP contribution is 2.17. The number of aryl methyl sites for hydroxylation is 1. The molecule has 0 atom stereocenters. The van der Waals surface area contributed by atoms with Crippen LogP contribution in [0.4, 0.5) is 5.82 Å². The summed E-state index contributed by atoms with van der Waals surface area (Å²) in [5.74, 6) is 0.752. The van der Waals surface area contributed by atoms with Gasteiger partial charge in [0, 0.05) is 11.9 Å². The number of hydrogen-bond donors (Lipinski definition) is 2. The first-order valence-corrected chi connectivity index (χ1v) is 6.63. The number of imidazole rings is 1. The van der Waals surface area contributed by atoms with Crippen molar-refractivity contribution in [3.05, 3.63) is 48.3 Å². The average molecular weight is 279 g/mol. The van der Waals surface area contributed by atoms with Crippen LogP contribution in [0.25, 0.3) is 16.7 Å². The molecule has 0 aliphatic rings. The average Bonchev–Trinajstić information content (AvgIpc) is 3.12. The van der Waals surface area contributed by atoms with E-state index in [4.69, 9.17) is 0 Å². The lowest BCUT2D eigenvalue weighted by Crippen LogP contribution is -2.02. The largest absolute Gasteiger partial charge is 0.364 e. The Morgan fingerprint density at radius 3 is 3.14 bits per heavy atom. The lowest BCUT2D eigenvalue weighted by Gasteiger charge is -2.03. The smallest absolute Gasteiger partial charge is 0.160 e. The second-order valence-electron chi connectivity index (χ2n) is 4.84. The van der Waals surface area contributed by atoms with E-state index in [9.17, 15) is 0 Å². The number of hydrogen-bond acceptors (Lipinski definition) is 5. The van der Waals surface area contributed by atoms with E-state index in [2.05, 4.69) is 47.9 Å². The van der Waals surface area contributed by atoms with Crippen LogP contribution < -0.4 is 5.32 Å². The van der Waals surface area contributed by atoms with E-state index in [0.29, 0.717) is 6.54 Å². The Labute approximate surface area is 120 Å². The van der Waals surface area contributed by atoms with Gasteiger partial charge in [-0.1, -0.05) is 6.07 Å². The van der Waals surface area contributed by atoms with Crippen LogP contribution in [0.1, 0.15) is 11.4 Å². The van der Waals surface area contributed by atoms with Crippen LogP contribution >= 0.6 is 0 Å². The number of nitrogens with zero attached hydrogens (tertiary/aromatic N) is 5. The molecule has 7 nitrogen and oxygen atoms in total. The van der Waals surface area contributed by atoms with E-state index < -0.39 is 0 Å². The van der Waals surface area contributed by atoms with Crippen LogP contribution in [-0.2, 0) is 6.54 Å². The Balaban J connectivity index is 1.63. The molecule has 0 radical (unpaired) electrons. The van der Waals surface area contributed by atoms with E-state index in [1.54, 1.807) is 6.20 Å². The summed E-state index contributed by atoms with van der Waals surface area (Å²) in [5, 5.41) is 11.0. The van der Waals surface area contributed by atoms with Gasteiger partial charge in [-0.05, 0) is 19.1 Å². The molecule has 0 saturated carbocycles. The molecule has 0 fully saturated rings. The Kier molecular flexibility index (Phi) is 2.56. The fourth-order valence-corrected chi connectivity index (χ4v) is 2.36. The lowest BCUT2D eigenvalue weighted by atomic mass is 10.3. The number of nitrogens with one attached hydrogen (secondary N) is 2. The molecule has 0 unspecified atom stereocenters. The van der Waals surface area contributed by atoms with Gasteiger partial charge in [0.1, 0.15) is 17.8 Å². The molecule has 0 aliphatic carbocycles. The maximum Gasteiger partial charge on any atom is 0.160 e. The zero-order valence-corrected chi connectivity index (χ0v) is 11.4. The van der Waals surface area contributed by atoms with Crippen LogP contribution in [0.2, 0.25) is 0 Å². The molecule has 21 heavy (non-hydrogen) atoms. The molecular formula is C14H13N7. The Bertz CT molecular complexity index is 921. The summed E-state index contributed by atoms with van der Waals surface area (Å²) in [6, 6.07) is 6.06. The van der Waals surface area contributed by atoms with Crippen molar-refractivity contribution in [1.82, 2.24) is 29.5 Å². The van der Waals surface area contributed by atoms with Gasteiger partial charge in [-0.25, -0.2) is 15.0 Å². The second-order valence-corrected chi connectivity index (χ2v) is 4.84. The standard InChI is InChI=1S/C14H13N7/c1-9-3-2-4-12-19-10(7-21(9)12)5-15-13-11-6-18-20-14(11)17-8-16-13/h2-4,6-8H,5H2,1H3,(H2,15,16,17,18,20). The van der Waals surface area contributed by atoms with E-state index in [0.717, 1.165) is 33.9 Å². The number of rotatable bonds is 3. The van der Waals surface area contributed by atoms with Gasteiger partial charge in [0.15, 0.2) is 5.65 Å². The SMILES string of the molecule is Cc1cccc2nc(CNc3ncnc4[nH]ncc34)cn12. The number of pyridine rings is 1. The predicted octanol–water partition coefficient (Wildman–Crippen LogP) is 1.92. The van der Waals surface area contributed by atoms with Gasteiger partial charge >= 0.3 is 0 Å². The lowest BCUT2D eigenvalue weighted by molar-refractivity contribution is 1.04. The molecule has 0 amide bonds. The predicted molar refractivity (Wildman–Crippen MR) is 78.9 cm³/mol. The van der Waals surface area contributed by atoms with E-state index in [1.165, 1.54) is 6.33 Å². The van der Waals surface area contributed by atoms with Crippen molar-refractivity contribution in [2.75, 3.05) is 5.32 Å². The third-order valence-electron chi connectivity index (χ3n) is 3.43. The molecule has 4 aromatic heterocycles. The fraction of sp³-hybridized carbons (Fsp3) is 0.143.